The number of rotatable bonds is 4. The molecule has 0 atom stereocenters. The fraction of sp³-hybridized carbons (Fsp3) is 0.632. The molecule has 1 aliphatic rings. The number of fused-ring (bicyclic) bond motifs is 1. The Balaban J connectivity index is 2.08. The van der Waals surface area contributed by atoms with Crippen LogP contribution in [0.15, 0.2) is 0 Å². The first-order valence-corrected chi connectivity index (χ1v) is 10.1. The summed E-state index contributed by atoms with van der Waals surface area (Å²) in [5, 5.41) is 1.07. The maximum Gasteiger partial charge on any atom is 0.264 e. The van der Waals surface area contributed by atoms with Crippen LogP contribution in [0.2, 0.25) is 0 Å². The van der Waals surface area contributed by atoms with Gasteiger partial charge >= 0.3 is 0 Å². The Morgan fingerprint density at radius 2 is 1.84 bits per heavy atom. The normalized spacial score (nSPS) is 15.8. The lowest BCUT2D eigenvalue weighted by Crippen LogP contribution is -2.33. The van der Waals surface area contributed by atoms with Gasteiger partial charge in [-0.05, 0) is 52.0 Å². The third-order valence-corrected chi connectivity index (χ3v) is 6.38. The molecule has 5 nitrogen and oxygen atoms in total. The lowest BCUT2D eigenvalue weighted by Gasteiger charge is -2.31. The standard InChI is InChI=1S/C19H28N4OS/c1-6-22(7-2)19(24)16-13(4)15-17(20-14(5)21-18(15)25-16)23-10-8-12(3)9-11-23/h12H,6-11H2,1-5H3. The van der Waals surface area contributed by atoms with Crippen LogP contribution in [0, 0.1) is 19.8 Å². The van der Waals surface area contributed by atoms with Crippen molar-refractivity contribution >= 4 is 33.3 Å². The number of aryl methyl sites for hydroxylation is 2. The molecule has 2 aromatic heterocycles. The summed E-state index contributed by atoms with van der Waals surface area (Å²) in [6.07, 6.45) is 2.39. The smallest absolute Gasteiger partial charge is 0.264 e. The van der Waals surface area contributed by atoms with E-state index in [1.165, 1.54) is 24.2 Å². The number of hydrogen-bond acceptors (Lipinski definition) is 5. The van der Waals surface area contributed by atoms with Gasteiger partial charge < -0.3 is 9.80 Å². The van der Waals surface area contributed by atoms with Gasteiger partial charge in [0.05, 0.1) is 10.3 Å². The minimum absolute atomic E-state index is 0.112. The number of aromatic nitrogens is 2. The summed E-state index contributed by atoms with van der Waals surface area (Å²) in [5.41, 5.74) is 1.03. The van der Waals surface area contributed by atoms with Crippen LogP contribution >= 0.6 is 11.3 Å². The van der Waals surface area contributed by atoms with Crippen LogP contribution in [0.3, 0.4) is 0 Å². The summed E-state index contributed by atoms with van der Waals surface area (Å²) >= 11 is 1.51. The van der Waals surface area contributed by atoms with Crippen LogP contribution in [-0.2, 0) is 0 Å². The monoisotopic (exact) mass is 360 g/mol. The molecule has 0 aliphatic carbocycles. The van der Waals surface area contributed by atoms with Crippen molar-refractivity contribution in [1.82, 2.24) is 14.9 Å². The molecule has 25 heavy (non-hydrogen) atoms. The first-order chi connectivity index (χ1) is 12.0. The van der Waals surface area contributed by atoms with E-state index in [1.807, 2.05) is 32.6 Å². The van der Waals surface area contributed by atoms with E-state index >= 15 is 0 Å². The van der Waals surface area contributed by atoms with E-state index in [-0.39, 0.29) is 5.91 Å². The summed E-state index contributed by atoms with van der Waals surface area (Å²) < 4.78 is 0. The highest BCUT2D eigenvalue weighted by atomic mass is 32.1. The summed E-state index contributed by atoms with van der Waals surface area (Å²) in [6.45, 7) is 13.9. The molecule has 0 radical (unpaired) electrons. The van der Waals surface area contributed by atoms with Gasteiger partial charge in [-0.2, -0.15) is 0 Å². The predicted octanol–water partition coefficient (Wildman–Crippen LogP) is 4.03. The van der Waals surface area contributed by atoms with Gasteiger partial charge in [0.15, 0.2) is 0 Å². The van der Waals surface area contributed by atoms with Crippen LogP contribution in [-0.4, -0.2) is 47.0 Å². The fourth-order valence-electron chi connectivity index (χ4n) is 3.53. The van der Waals surface area contributed by atoms with E-state index in [0.29, 0.717) is 0 Å². The highest BCUT2D eigenvalue weighted by Gasteiger charge is 2.26. The highest BCUT2D eigenvalue weighted by molar-refractivity contribution is 7.20. The number of hydrogen-bond donors (Lipinski definition) is 0. The fourth-order valence-corrected chi connectivity index (χ4v) is 4.72. The molecule has 0 N–H and O–H groups in total. The number of nitrogens with zero attached hydrogens (tertiary/aromatic N) is 4. The zero-order valence-electron chi connectivity index (χ0n) is 15.9. The van der Waals surface area contributed by atoms with E-state index in [1.54, 1.807) is 0 Å². The predicted molar refractivity (Wildman–Crippen MR) is 105 cm³/mol. The number of anilines is 1. The van der Waals surface area contributed by atoms with Gasteiger partial charge in [0.2, 0.25) is 0 Å². The third-order valence-electron chi connectivity index (χ3n) is 5.21. The quantitative estimate of drug-likeness (QED) is 0.826. The Hall–Kier alpha value is -1.69. The second-order valence-corrected chi connectivity index (χ2v) is 7.98. The number of thiophene rings is 1. The number of piperidine rings is 1. The van der Waals surface area contributed by atoms with Crippen molar-refractivity contribution in [2.24, 2.45) is 5.92 Å². The van der Waals surface area contributed by atoms with Crippen LogP contribution in [0.4, 0.5) is 5.82 Å². The molecule has 1 fully saturated rings. The van der Waals surface area contributed by atoms with Crippen molar-refractivity contribution in [3.63, 3.8) is 0 Å². The van der Waals surface area contributed by atoms with E-state index < -0.39 is 0 Å². The molecule has 0 spiro atoms. The Morgan fingerprint density at radius 3 is 2.44 bits per heavy atom. The average molecular weight is 361 g/mol. The van der Waals surface area contributed by atoms with Crippen LogP contribution < -0.4 is 4.90 Å². The van der Waals surface area contributed by atoms with Crippen LogP contribution in [0.1, 0.15) is 54.7 Å². The Morgan fingerprint density at radius 1 is 1.20 bits per heavy atom. The average Bonchev–Trinajstić information content (AvgIpc) is 2.92. The van der Waals surface area contributed by atoms with E-state index in [4.69, 9.17) is 4.98 Å². The molecule has 3 rings (SSSR count). The number of carbonyl (C=O) groups excluding carboxylic acids is 1. The van der Waals surface area contributed by atoms with Crippen molar-refractivity contribution in [3.05, 3.63) is 16.3 Å². The molecule has 3 heterocycles. The van der Waals surface area contributed by atoms with Gasteiger partial charge in [-0.15, -0.1) is 11.3 Å². The van der Waals surface area contributed by atoms with Crippen LogP contribution in [0.5, 0.6) is 0 Å². The summed E-state index contributed by atoms with van der Waals surface area (Å²) in [6, 6.07) is 0. The van der Waals surface area contributed by atoms with Crippen molar-refractivity contribution in [3.8, 4) is 0 Å². The van der Waals surface area contributed by atoms with E-state index in [9.17, 15) is 4.79 Å². The Bertz CT molecular complexity index is 773. The highest BCUT2D eigenvalue weighted by Crippen LogP contribution is 2.37. The molecule has 1 amide bonds. The van der Waals surface area contributed by atoms with Crippen molar-refractivity contribution < 1.29 is 4.79 Å². The van der Waals surface area contributed by atoms with Gasteiger partial charge in [0.1, 0.15) is 16.5 Å². The second kappa shape index (κ2) is 7.28. The van der Waals surface area contributed by atoms with E-state index in [0.717, 1.165) is 64.4 Å². The topological polar surface area (TPSA) is 49.3 Å². The summed E-state index contributed by atoms with van der Waals surface area (Å²) in [5.74, 6) is 2.69. The second-order valence-electron chi connectivity index (χ2n) is 6.98. The maximum absolute atomic E-state index is 12.9. The molecule has 6 heteroatoms. The first-order valence-electron chi connectivity index (χ1n) is 9.28. The third kappa shape index (κ3) is 3.36. The molecular formula is C19H28N4OS. The number of carbonyl (C=O) groups is 1. The molecule has 2 aromatic rings. The van der Waals surface area contributed by atoms with Gasteiger partial charge in [-0.1, -0.05) is 6.92 Å². The molecule has 0 saturated carbocycles. The zero-order chi connectivity index (χ0) is 18.1. The molecule has 0 bridgehead atoms. The van der Waals surface area contributed by atoms with Crippen molar-refractivity contribution in [2.45, 2.75) is 47.5 Å². The van der Waals surface area contributed by atoms with Gasteiger partial charge in [-0.25, -0.2) is 9.97 Å². The molecule has 1 aliphatic heterocycles. The lowest BCUT2D eigenvalue weighted by atomic mass is 9.99. The largest absolute Gasteiger partial charge is 0.356 e. The Labute approximate surface area is 154 Å². The minimum atomic E-state index is 0.112. The summed E-state index contributed by atoms with van der Waals surface area (Å²) in [4.78, 5) is 28.3. The van der Waals surface area contributed by atoms with Crippen LogP contribution in [0.25, 0.3) is 10.2 Å². The first kappa shape index (κ1) is 18.1. The Kier molecular flexibility index (Phi) is 5.27. The molecule has 136 valence electrons. The van der Waals surface area contributed by atoms with E-state index in [2.05, 4.69) is 16.8 Å². The maximum atomic E-state index is 12.9. The summed E-state index contributed by atoms with van der Waals surface area (Å²) in [7, 11) is 0. The van der Waals surface area contributed by atoms with Gasteiger partial charge in [-0.3, -0.25) is 4.79 Å². The lowest BCUT2D eigenvalue weighted by molar-refractivity contribution is 0.0777. The molecule has 0 aromatic carbocycles. The minimum Gasteiger partial charge on any atom is -0.356 e. The van der Waals surface area contributed by atoms with Gasteiger partial charge in [0, 0.05) is 26.2 Å². The van der Waals surface area contributed by atoms with Gasteiger partial charge in [0.25, 0.3) is 5.91 Å². The van der Waals surface area contributed by atoms with Crippen molar-refractivity contribution in [1.29, 1.82) is 0 Å². The number of amides is 1. The molecule has 0 unspecified atom stereocenters. The molecule has 1 saturated heterocycles. The molecular weight excluding hydrogens is 332 g/mol. The zero-order valence-corrected chi connectivity index (χ0v) is 16.7. The van der Waals surface area contributed by atoms with Crippen molar-refractivity contribution in [2.75, 3.05) is 31.1 Å². The SMILES string of the molecule is CCN(CC)C(=O)c1sc2nc(C)nc(N3CCC(C)CC3)c2c1C.